The summed E-state index contributed by atoms with van der Waals surface area (Å²) in [7, 11) is 0. The molecule has 5 aromatic heterocycles. The molecule has 5 heterocycles. The van der Waals surface area contributed by atoms with Crippen molar-refractivity contribution in [1.29, 1.82) is 0 Å². The minimum atomic E-state index is 0.580. The fourth-order valence-corrected chi connectivity index (χ4v) is 8.63. The van der Waals surface area contributed by atoms with Gasteiger partial charge < -0.3 is 8.98 Å². The van der Waals surface area contributed by atoms with E-state index in [4.69, 9.17) is 19.4 Å². The van der Waals surface area contributed by atoms with E-state index >= 15 is 0 Å². The Labute approximate surface area is 294 Å². The molecule has 0 amide bonds. The highest BCUT2D eigenvalue weighted by molar-refractivity contribution is 7.26. The van der Waals surface area contributed by atoms with Crippen molar-refractivity contribution < 1.29 is 4.42 Å². The van der Waals surface area contributed by atoms with E-state index < -0.39 is 0 Å². The summed E-state index contributed by atoms with van der Waals surface area (Å²) in [6.07, 6.45) is 3.59. The van der Waals surface area contributed by atoms with Crippen LogP contribution >= 0.6 is 11.3 Å². The van der Waals surface area contributed by atoms with Crippen LogP contribution in [0.3, 0.4) is 0 Å². The molecule has 0 aliphatic rings. The van der Waals surface area contributed by atoms with E-state index in [1.54, 1.807) is 17.5 Å². The minimum absolute atomic E-state index is 0.580. The van der Waals surface area contributed by atoms with Gasteiger partial charge in [0.1, 0.15) is 11.2 Å². The van der Waals surface area contributed by atoms with Crippen LogP contribution in [0.25, 0.3) is 104 Å². The van der Waals surface area contributed by atoms with Crippen molar-refractivity contribution in [2.45, 2.75) is 0 Å². The molecule has 51 heavy (non-hydrogen) atoms. The van der Waals surface area contributed by atoms with Crippen LogP contribution in [0.5, 0.6) is 0 Å². The summed E-state index contributed by atoms with van der Waals surface area (Å²) >= 11 is 1.77. The molecule has 0 N–H and O–H groups in total. The Balaban J connectivity index is 1.14. The first-order valence-corrected chi connectivity index (χ1v) is 17.6. The minimum Gasteiger partial charge on any atom is -0.456 e. The van der Waals surface area contributed by atoms with Gasteiger partial charge in [0.2, 0.25) is 0 Å². The highest BCUT2D eigenvalue weighted by Gasteiger charge is 2.19. The molecule has 7 heteroatoms. The molecule has 0 radical (unpaired) electrons. The van der Waals surface area contributed by atoms with Crippen LogP contribution in [0.2, 0.25) is 0 Å². The molecular weight excluding hydrogens is 647 g/mol. The van der Waals surface area contributed by atoms with Gasteiger partial charge in [0.05, 0.1) is 11.0 Å². The summed E-state index contributed by atoms with van der Waals surface area (Å²) in [6, 6.07) is 48.6. The number of hydrogen-bond donors (Lipinski definition) is 0. The second-order valence-electron chi connectivity index (χ2n) is 12.7. The summed E-state index contributed by atoms with van der Waals surface area (Å²) in [6.45, 7) is 0. The molecule has 0 spiro atoms. The van der Waals surface area contributed by atoms with E-state index in [1.807, 2.05) is 18.3 Å². The Hall–Kier alpha value is -6.70. The first kappa shape index (κ1) is 28.2. The Morgan fingerprint density at radius 2 is 1.18 bits per heavy atom. The highest BCUT2D eigenvalue weighted by Crippen LogP contribution is 2.40. The van der Waals surface area contributed by atoms with Crippen LogP contribution in [-0.2, 0) is 0 Å². The van der Waals surface area contributed by atoms with E-state index in [0.717, 1.165) is 60.0 Å². The zero-order valence-corrected chi connectivity index (χ0v) is 27.8. The van der Waals surface area contributed by atoms with Gasteiger partial charge in [-0.2, -0.15) is 0 Å². The molecule has 0 atom stereocenters. The molecule has 0 saturated heterocycles. The quantitative estimate of drug-likeness (QED) is 0.186. The van der Waals surface area contributed by atoms with E-state index in [0.29, 0.717) is 17.5 Å². The number of fused-ring (bicyclic) bond motifs is 9. The molecule has 0 unspecified atom stereocenters. The molecule has 11 aromatic rings. The molecule has 6 aromatic carbocycles. The predicted molar refractivity (Wildman–Crippen MR) is 208 cm³/mol. The maximum Gasteiger partial charge on any atom is 0.165 e. The topological polar surface area (TPSA) is 69.6 Å². The zero-order valence-electron chi connectivity index (χ0n) is 27.0. The van der Waals surface area contributed by atoms with E-state index in [-0.39, 0.29) is 0 Å². The number of aromatic nitrogens is 5. The lowest BCUT2D eigenvalue weighted by atomic mass is 10.1. The van der Waals surface area contributed by atoms with Crippen LogP contribution in [0.15, 0.2) is 156 Å². The van der Waals surface area contributed by atoms with E-state index in [9.17, 15) is 0 Å². The Morgan fingerprint density at radius 3 is 2.00 bits per heavy atom. The van der Waals surface area contributed by atoms with Gasteiger partial charge in [-0.3, -0.25) is 4.98 Å². The van der Waals surface area contributed by atoms with Gasteiger partial charge in [-0.25, -0.2) is 15.0 Å². The van der Waals surface area contributed by atoms with Crippen LogP contribution in [0.4, 0.5) is 0 Å². The van der Waals surface area contributed by atoms with E-state index in [2.05, 4.69) is 137 Å². The molecule has 238 valence electrons. The maximum absolute atomic E-state index is 6.25. The first-order valence-electron chi connectivity index (χ1n) is 16.8. The summed E-state index contributed by atoms with van der Waals surface area (Å²) in [5, 5.41) is 6.85. The SMILES string of the molecule is c1cc(-c2nc(-c3ccc4c(c3)oc3ccncc34)nc(-c3cccc4c3sc3ccccc34)n2)cc(-n2c3ccccc3c3ccccc32)c1. The van der Waals surface area contributed by atoms with Gasteiger partial charge in [-0.05, 0) is 54.6 Å². The summed E-state index contributed by atoms with van der Waals surface area (Å²) < 4.78 is 11.0. The maximum atomic E-state index is 6.25. The van der Waals surface area contributed by atoms with Gasteiger partial charge in [0, 0.05) is 76.5 Å². The number of furan rings is 1. The monoisotopic (exact) mass is 671 g/mol. The van der Waals surface area contributed by atoms with Gasteiger partial charge in [0.15, 0.2) is 17.5 Å². The van der Waals surface area contributed by atoms with Crippen molar-refractivity contribution in [2.75, 3.05) is 0 Å². The van der Waals surface area contributed by atoms with Crippen LogP contribution < -0.4 is 0 Å². The first-order chi connectivity index (χ1) is 25.3. The van der Waals surface area contributed by atoms with E-state index in [1.165, 1.54) is 26.2 Å². The van der Waals surface area contributed by atoms with Gasteiger partial charge >= 0.3 is 0 Å². The van der Waals surface area contributed by atoms with Crippen LogP contribution in [-0.4, -0.2) is 24.5 Å². The van der Waals surface area contributed by atoms with Gasteiger partial charge in [0.25, 0.3) is 0 Å². The van der Waals surface area contributed by atoms with Crippen molar-refractivity contribution in [3.63, 3.8) is 0 Å². The largest absolute Gasteiger partial charge is 0.456 e. The number of hydrogen-bond acceptors (Lipinski definition) is 6. The fraction of sp³-hybridized carbons (Fsp3) is 0. The van der Waals surface area contributed by atoms with Crippen molar-refractivity contribution in [3.05, 3.63) is 152 Å². The summed E-state index contributed by atoms with van der Waals surface area (Å²) in [5.41, 5.74) is 7.63. The number of thiophene rings is 1. The number of benzene rings is 6. The highest BCUT2D eigenvalue weighted by atomic mass is 32.1. The van der Waals surface area contributed by atoms with Crippen LogP contribution in [0, 0.1) is 0 Å². The lowest BCUT2D eigenvalue weighted by Crippen LogP contribution is -2.01. The lowest BCUT2D eigenvalue weighted by molar-refractivity contribution is 0.668. The normalized spacial score (nSPS) is 11.9. The molecular formula is C44H25N5OS. The van der Waals surface area contributed by atoms with Gasteiger partial charge in [-0.15, -0.1) is 11.3 Å². The average molecular weight is 672 g/mol. The molecule has 0 aliphatic heterocycles. The number of para-hydroxylation sites is 2. The fourth-order valence-electron chi connectivity index (χ4n) is 7.42. The third-order valence-corrected chi connectivity index (χ3v) is 11.0. The second-order valence-corrected chi connectivity index (χ2v) is 13.7. The van der Waals surface area contributed by atoms with Crippen molar-refractivity contribution >= 4 is 75.3 Å². The Bertz CT molecular complexity index is 3120. The molecule has 6 nitrogen and oxygen atoms in total. The Morgan fingerprint density at radius 1 is 0.490 bits per heavy atom. The summed E-state index contributed by atoms with van der Waals surface area (Å²) in [4.78, 5) is 19.8. The molecule has 0 fully saturated rings. The van der Waals surface area contributed by atoms with Crippen molar-refractivity contribution in [3.8, 4) is 39.9 Å². The standard InChI is InChI=1S/C44H25N5OS/c1-4-16-36-29(11-1)30-12-2-5-17-37(30)49(36)28-10-7-9-26(23-28)42-46-43(27-19-20-31-35-25-45-22-21-38(35)50-39(31)24-27)48-44(47-42)34-15-8-14-33-32-13-3-6-18-40(32)51-41(33)34/h1-25H. The van der Waals surface area contributed by atoms with Gasteiger partial charge in [-0.1, -0.05) is 84.9 Å². The predicted octanol–water partition coefficient (Wildman–Crippen LogP) is 11.6. The smallest absolute Gasteiger partial charge is 0.165 e. The van der Waals surface area contributed by atoms with Crippen molar-refractivity contribution in [2.24, 2.45) is 0 Å². The third kappa shape index (κ3) is 4.35. The second kappa shape index (κ2) is 10.9. The number of nitrogens with zero attached hydrogens (tertiary/aromatic N) is 5. The third-order valence-electron chi connectivity index (χ3n) is 9.75. The average Bonchev–Trinajstić information content (AvgIpc) is 3.87. The zero-order chi connectivity index (χ0) is 33.5. The van der Waals surface area contributed by atoms with Crippen molar-refractivity contribution in [1.82, 2.24) is 24.5 Å². The molecule has 0 bridgehead atoms. The summed E-state index contributed by atoms with van der Waals surface area (Å²) in [5.74, 6) is 1.81. The molecule has 0 saturated carbocycles. The number of rotatable bonds is 4. The number of pyridine rings is 1. The molecule has 11 rings (SSSR count). The Kier molecular flexibility index (Phi) is 6.02. The van der Waals surface area contributed by atoms with Crippen LogP contribution in [0.1, 0.15) is 0 Å². The molecule has 0 aliphatic carbocycles. The lowest BCUT2D eigenvalue weighted by Gasteiger charge is -2.12.